The lowest BCUT2D eigenvalue weighted by molar-refractivity contribution is -0.139. The van der Waals surface area contributed by atoms with Crippen molar-refractivity contribution >= 4 is 39.1 Å². The van der Waals surface area contributed by atoms with Crippen LogP contribution in [0.1, 0.15) is 32.8 Å². The number of amides is 2. The van der Waals surface area contributed by atoms with E-state index in [9.17, 15) is 18.0 Å². The van der Waals surface area contributed by atoms with Gasteiger partial charge in [0.15, 0.2) is 0 Å². The van der Waals surface area contributed by atoms with Crippen molar-refractivity contribution in [1.29, 1.82) is 0 Å². The van der Waals surface area contributed by atoms with Crippen molar-refractivity contribution in [3.8, 4) is 5.75 Å². The molecule has 0 spiro atoms. The van der Waals surface area contributed by atoms with Crippen LogP contribution in [0, 0.1) is 0 Å². The van der Waals surface area contributed by atoms with Crippen LogP contribution in [-0.4, -0.2) is 50.9 Å². The van der Waals surface area contributed by atoms with Crippen LogP contribution in [-0.2, 0) is 26.2 Å². The van der Waals surface area contributed by atoms with Gasteiger partial charge in [-0.2, -0.15) is 0 Å². The van der Waals surface area contributed by atoms with Gasteiger partial charge >= 0.3 is 0 Å². The van der Waals surface area contributed by atoms with Gasteiger partial charge in [-0.15, -0.1) is 0 Å². The van der Waals surface area contributed by atoms with Crippen LogP contribution in [0.25, 0.3) is 0 Å². The normalized spacial score (nSPS) is 12.7. The highest BCUT2D eigenvalue weighted by Gasteiger charge is 2.32. The van der Waals surface area contributed by atoms with E-state index in [0.29, 0.717) is 10.8 Å². The van der Waals surface area contributed by atoms with Gasteiger partial charge in [-0.3, -0.25) is 13.9 Å². The average Bonchev–Trinajstić information content (AvgIpc) is 2.95. The van der Waals surface area contributed by atoms with Crippen molar-refractivity contribution in [2.24, 2.45) is 0 Å². The number of anilines is 1. The third kappa shape index (κ3) is 7.74. The molecule has 39 heavy (non-hydrogen) atoms. The smallest absolute Gasteiger partial charge is 0.264 e. The largest absolute Gasteiger partial charge is 0.497 e. The Bertz CT molecular complexity index is 1370. The van der Waals surface area contributed by atoms with E-state index < -0.39 is 28.5 Å². The number of ether oxygens (including phenoxy) is 1. The van der Waals surface area contributed by atoms with Crippen LogP contribution >= 0.6 is 11.6 Å². The number of nitrogens with one attached hydrogen (secondary N) is 1. The number of halogens is 1. The minimum atomic E-state index is -4.13. The summed E-state index contributed by atoms with van der Waals surface area (Å²) >= 11 is 6.05. The Morgan fingerprint density at radius 3 is 2.26 bits per heavy atom. The SMILES string of the molecule is CC[C@@H](C)NC(=O)[C@@H](C)N(Cc1cccc(OC)c1)C(=O)CN(c1ccc(Cl)cc1)S(=O)(=O)c1ccccc1. The topological polar surface area (TPSA) is 96.0 Å². The summed E-state index contributed by atoms with van der Waals surface area (Å²) in [4.78, 5) is 28.4. The molecule has 0 aliphatic carbocycles. The molecule has 10 heteroatoms. The van der Waals surface area contributed by atoms with Crippen LogP contribution < -0.4 is 14.4 Å². The van der Waals surface area contributed by atoms with E-state index in [1.54, 1.807) is 74.7 Å². The summed E-state index contributed by atoms with van der Waals surface area (Å²) in [6, 6.07) is 20.3. The Morgan fingerprint density at radius 2 is 1.64 bits per heavy atom. The zero-order valence-electron chi connectivity index (χ0n) is 22.5. The molecular weight excluding hydrogens is 538 g/mol. The molecular formula is C29H34ClN3O5S. The molecule has 0 radical (unpaired) electrons. The molecule has 3 aromatic rings. The number of methoxy groups -OCH3 is 1. The minimum Gasteiger partial charge on any atom is -0.497 e. The molecule has 0 saturated heterocycles. The van der Waals surface area contributed by atoms with Crippen LogP contribution in [0.4, 0.5) is 5.69 Å². The van der Waals surface area contributed by atoms with E-state index in [1.165, 1.54) is 17.0 Å². The third-order valence-electron chi connectivity index (χ3n) is 6.38. The van der Waals surface area contributed by atoms with E-state index in [2.05, 4.69) is 5.32 Å². The lowest BCUT2D eigenvalue weighted by atomic mass is 10.1. The molecule has 0 aromatic heterocycles. The molecule has 0 aliphatic rings. The molecule has 208 valence electrons. The molecule has 8 nitrogen and oxygen atoms in total. The van der Waals surface area contributed by atoms with Gasteiger partial charge in [0.2, 0.25) is 11.8 Å². The van der Waals surface area contributed by atoms with E-state index >= 15 is 0 Å². The number of carbonyl (C=O) groups excluding carboxylic acids is 2. The summed E-state index contributed by atoms with van der Waals surface area (Å²) in [5.41, 5.74) is 1.00. The number of hydrogen-bond donors (Lipinski definition) is 1. The quantitative estimate of drug-likeness (QED) is 0.334. The van der Waals surface area contributed by atoms with Crippen LogP contribution in [0.5, 0.6) is 5.75 Å². The number of hydrogen-bond acceptors (Lipinski definition) is 5. The summed E-state index contributed by atoms with van der Waals surface area (Å²) in [6.07, 6.45) is 0.724. The first-order valence-electron chi connectivity index (χ1n) is 12.6. The van der Waals surface area contributed by atoms with E-state index in [0.717, 1.165) is 16.3 Å². The highest BCUT2D eigenvalue weighted by atomic mass is 35.5. The zero-order valence-corrected chi connectivity index (χ0v) is 24.1. The van der Waals surface area contributed by atoms with Crippen molar-refractivity contribution in [3.05, 3.63) is 89.4 Å². The van der Waals surface area contributed by atoms with Crippen molar-refractivity contribution in [1.82, 2.24) is 10.2 Å². The summed E-state index contributed by atoms with van der Waals surface area (Å²) < 4.78 is 33.8. The van der Waals surface area contributed by atoms with E-state index in [-0.39, 0.29) is 29.1 Å². The maximum absolute atomic E-state index is 13.9. The Morgan fingerprint density at radius 1 is 0.974 bits per heavy atom. The van der Waals surface area contributed by atoms with Crippen LogP contribution in [0.3, 0.4) is 0 Å². The molecule has 0 aliphatic heterocycles. The maximum atomic E-state index is 13.9. The number of nitrogens with zero attached hydrogens (tertiary/aromatic N) is 2. The fourth-order valence-corrected chi connectivity index (χ4v) is 5.43. The Hall–Kier alpha value is -3.56. The lowest BCUT2D eigenvalue weighted by Crippen LogP contribution is -2.52. The summed E-state index contributed by atoms with van der Waals surface area (Å²) in [7, 11) is -2.58. The number of rotatable bonds is 12. The Balaban J connectivity index is 2.01. The van der Waals surface area contributed by atoms with Crippen molar-refractivity contribution in [2.45, 2.75) is 50.7 Å². The second-order valence-corrected chi connectivity index (χ2v) is 11.5. The molecule has 2 amide bonds. The van der Waals surface area contributed by atoms with Gasteiger partial charge in [-0.1, -0.05) is 48.9 Å². The van der Waals surface area contributed by atoms with E-state index in [4.69, 9.17) is 16.3 Å². The van der Waals surface area contributed by atoms with Crippen molar-refractivity contribution in [2.75, 3.05) is 18.0 Å². The summed E-state index contributed by atoms with van der Waals surface area (Å²) in [6.45, 7) is 5.02. The number of sulfonamides is 1. The minimum absolute atomic E-state index is 0.0367. The maximum Gasteiger partial charge on any atom is 0.264 e. The highest BCUT2D eigenvalue weighted by Crippen LogP contribution is 2.26. The summed E-state index contributed by atoms with van der Waals surface area (Å²) in [5.74, 6) is -0.269. The molecule has 0 heterocycles. The fourth-order valence-electron chi connectivity index (χ4n) is 3.87. The first-order chi connectivity index (χ1) is 18.6. The second kappa shape index (κ2) is 13.5. The fraction of sp³-hybridized carbons (Fsp3) is 0.310. The first kappa shape index (κ1) is 30.0. The zero-order chi connectivity index (χ0) is 28.6. The number of carbonyl (C=O) groups is 2. The van der Waals surface area contributed by atoms with Gasteiger partial charge in [0, 0.05) is 17.6 Å². The molecule has 0 saturated carbocycles. The Labute approximate surface area is 235 Å². The van der Waals surface area contributed by atoms with Crippen LogP contribution in [0.2, 0.25) is 5.02 Å². The molecule has 0 bridgehead atoms. The van der Waals surface area contributed by atoms with Crippen molar-refractivity contribution in [3.63, 3.8) is 0 Å². The molecule has 0 fully saturated rings. The number of benzene rings is 3. The van der Waals surface area contributed by atoms with Gasteiger partial charge in [-0.05, 0) is 74.4 Å². The van der Waals surface area contributed by atoms with Gasteiger partial charge < -0.3 is 15.0 Å². The Kier molecular flexibility index (Phi) is 10.4. The monoisotopic (exact) mass is 571 g/mol. The van der Waals surface area contributed by atoms with Gasteiger partial charge in [-0.25, -0.2) is 8.42 Å². The van der Waals surface area contributed by atoms with Gasteiger partial charge in [0.1, 0.15) is 18.3 Å². The standard InChI is InChI=1S/C29H34ClN3O5S/c1-5-21(2)31-29(35)22(3)32(19-23-10-9-11-26(18-23)38-4)28(34)20-33(25-16-14-24(30)15-17-25)39(36,37)27-12-7-6-8-13-27/h6-18,21-22H,5,19-20H2,1-4H3,(H,31,35)/t21-,22-/m1/s1. The molecule has 3 aromatic carbocycles. The molecule has 1 N–H and O–H groups in total. The summed E-state index contributed by atoms with van der Waals surface area (Å²) in [5, 5.41) is 3.34. The molecule has 3 rings (SSSR count). The second-order valence-electron chi connectivity index (χ2n) is 9.17. The third-order valence-corrected chi connectivity index (χ3v) is 8.42. The van der Waals surface area contributed by atoms with Crippen LogP contribution in [0.15, 0.2) is 83.8 Å². The van der Waals surface area contributed by atoms with Crippen molar-refractivity contribution < 1.29 is 22.7 Å². The molecule has 0 unspecified atom stereocenters. The van der Waals surface area contributed by atoms with Gasteiger partial charge in [0.05, 0.1) is 17.7 Å². The predicted molar refractivity (Wildman–Crippen MR) is 153 cm³/mol. The highest BCUT2D eigenvalue weighted by molar-refractivity contribution is 7.92. The first-order valence-corrected chi connectivity index (χ1v) is 14.4. The van der Waals surface area contributed by atoms with Gasteiger partial charge in [0.25, 0.3) is 10.0 Å². The predicted octanol–water partition coefficient (Wildman–Crippen LogP) is 4.88. The average molecular weight is 572 g/mol. The van der Waals surface area contributed by atoms with E-state index in [1.807, 2.05) is 19.9 Å². The lowest BCUT2D eigenvalue weighted by Gasteiger charge is -2.32. The molecule has 2 atom stereocenters.